The molecule has 0 aromatic carbocycles. The predicted molar refractivity (Wildman–Crippen MR) is 77.0 cm³/mol. The lowest BCUT2D eigenvalue weighted by Gasteiger charge is -2.26. The maximum absolute atomic E-state index is 12.0. The first-order chi connectivity index (χ1) is 8.74. The van der Waals surface area contributed by atoms with Crippen LogP contribution in [0.25, 0.3) is 0 Å². The van der Waals surface area contributed by atoms with E-state index in [0.29, 0.717) is 11.8 Å². The molecule has 2 atom stereocenters. The zero-order valence-electron chi connectivity index (χ0n) is 10.5. The van der Waals surface area contributed by atoms with Gasteiger partial charge in [-0.1, -0.05) is 0 Å². The van der Waals surface area contributed by atoms with Crippen molar-refractivity contribution < 1.29 is 4.79 Å². The summed E-state index contributed by atoms with van der Waals surface area (Å²) < 4.78 is 0. The van der Waals surface area contributed by atoms with E-state index in [9.17, 15) is 4.79 Å². The molecule has 3 heterocycles. The minimum atomic E-state index is 0.109. The van der Waals surface area contributed by atoms with E-state index in [4.69, 9.17) is 0 Å². The van der Waals surface area contributed by atoms with Crippen molar-refractivity contribution in [2.75, 3.05) is 18.8 Å². The maximum atomic E-state index is 12.0. The molecule has 1 aromatic rings. The lowest BCUT2D eigenvalue weighted by atomic mass is 10.2. The summed E-state index contributed by atoms with van der Waals surface area (Å²) in [6.45, 7) is 3.50. The first-order valence-electron chi connectivity index (χ1n) is 6.45. The smallest absolute Gasteiger partial charge is 0.238 e. The van der Waals surface area contributed by atoms with Crippen molar-refractivity contribution >= 4 is 29.0 Å². The van der Waals surface area contributed by atoms with E-state index in [1.54, 1.807) is 11.3 Å². The SMILES string of the molecule is Cc1ccc(C2NCC(=O)N2CC2CCCS2)s1. The molecule has 0 bridgehead atoms. The Bertz CT molecular complexity index is 440. The minimum absolute atomic E-state index is 0.109. The molecule has 1 amide bonds. The monoisotopic (exact) mass is 282 g/mol. The second kappa shape index (κ2) is 5.23. The third-order valence-corrected chi connectivity index (χ3v) is 5.97. The zero-order chi connectivity index (χ0) is 12.5. The van der Waals surface area contributed by atoms with Crippen molar-refractivity contribution in [3.8, 4) is 0 Å². The van der Waals surface area contributed by atoms with E-state index in [0.717, 1.165) is 6.54 Å². The van der Waals surface area contributed by atoms with Gasteiger partial charge < -0.3 is 4.90 Å². The van der Waals surface area contributed by atoms with Gasteiger partial charge in [-0.15, -0.1) is 11.3 Å². The lowest BCUT2D eigenvalue weighted by Crippen LogP contribution is -2.34. The molecule has 0 radical (unpaired) electrons. The summed E-state index contributed by atoms with van der Waals surface area (Å²) >= 11 is 3.80. The first kappa shape index (κ1) is 12.5. The van der Waals surface area contributed by atoms with Crippen LogP contribution in [0.5, 0.6) is 0 Å². The molecule has 98 valence electrons. The van der Waals surface area contributed by atoms with Crippen LogP contribution in [0.2, 0.25) is 0 Å². The van der Waals surface area contributed by atoms with Gasteiger partial charge in [0.2, 0.25) is 5.91 Å². The normalized spacial score (nSPS) is 28.3. The third kappa shape index (κ3) is 2.44. The van der Waals surface area contributed by atoms with Gasteiger partial charge in [0.25, 0.3) is 0 Å². The van der Waals surface area contributed by atoms with Crippen LogP contribution in [-0.2, 0) is 4.79 Å². The fourth-order valence-corrected chi connectivity index (χ4v) is 4.84. The van der Waals surface area contributed by atoms with Gasteiger partial charge in [0.05, 0.1) is 6.54 Å². The molecule has 2 aliphatic heterocycles. The van der Waals surface area contributed by atoms with E-state index >= 15 is 0 Å². The Morgan fingerprint density at radius 3 is 3.06 bits per heavy atom. The molecular weight excluding hydrogens is 264 g/mol. The molecule has 2 saturated heterocycles. The van der Waals surface area contributed by atoms with Gasteiger partial charge in [0, 0.05) is 21.5 Å². The molecule has 2 fully saturated rings. The second-order valence-corrected chi connectivity index (χ2v) is 7.64. The Labute approximate surface area is 116 Å². The van der Waals surface area contributed by atoms with Crippen LogP contribution in [0, 0.1) is 6.92 Å². The summed E-state index contributed by atoms with van der Waals surface area (Å²) in [7, 11) is 0. The standard InChI is InChI=1S/C13H18N2OS2/c1-9-4-5-11(18-9)13-14-7-12(16)15(13)8-10-3-2-6-17-10/h4-5,10,13-14H,2-3,6-8H2,1H3. The summed E-state index contributed by atoms with van der Waals surface area (Å²) in [5, 5.41) is 3.97. The van der Waals surface area contributed by atoms with E-state index in [-0.39, 0.29) is 12.1 Å². The Morgan fingerprint density at radius 2 is 2.39 bits per heavy atom. The highest BCUT2D eigenvalue weighted by molar-refractivity contribution is 8.00. The predicted octanol–water partition coefficient (Wildman–Crippen LogP) is 2.38. The summed E-state index contributed by atoms with van der Waals surface area (Å²) in [4.78, 5) is 16.6. The first-order valence-corrected chi connectivity index (χ1v) is 8.31. The average molecular weight is 282 g/mol. The molecule has 0 saturated carbocycles. The number of nitrogens with zero attached hydrogens (tertiary/aromatic N) is 1. The largest absolute Gasteiger partial charge is 0.320 e. The third-order valence-electron chi connectivity index (χ3n) is 3.53. The van der Waals surface area contributed by atoms with Crippen LogP contribution >= 0.6 is 23.1 Å². The number of thioether (sulfide) groups is 1. The molecule has 3 nitrogen and oxygen atoms in total. The zero-order valence-corrected chi connectivity index (χ0v) is 12.1. The highest BCUT2D eigenvalue weighted by Gasteiger charge is 2.34. The van der Waals surface area contributed by atoms with Crippen molar-refractivity contribution in [1.29, 1.82) is 0 Å². The van der Waals surface area contributed by atoms with Crippen LogP contribution < -0.4 is 5.32 Å². The number of nitrogens with one attached hydrogen (secondary N) is 1. The maximum Gasteiger partial charge on any atom is 0.238 e. The van der Waals surface area contributed by atoms with Crippen molar-refractivity contribution in [2.24, 2.45) is 0 Å². The molecule has 18 heavy (non-hydrogen) atoms. The number of hydrogen-bond donors (Lipinski definition) is 1. The Kier molecular flexibility index (Phi) is 3.63. The second-order valence-electron chi connectivity index (χ2n) is 4.91. The topological polar surface area (TPSA) is 32.3 Å². The van der Waals surface area contributed by atoms with Crippen LogP contribution in [0.1, 0.15) is 28.8 Å². The van der Waals surface area contributed by atoms with Crippen LogP contribution in [-0.4, -0.2) is 34.9 Å². The van der Waals surface area contributed by atoms with Crippen LogP contribution in [0.4, 0.5) is 0 Å². The van der Waals surface area contributed by atoms with E-state index in [1.807, 2.05) is 16.7 Å². The highest BCUT2D eigenvalue weighted by Crippen LogP contribution is 2.32. The van der Waals surface area contributed by atoms with Crippen molar-refractivity contribution in [1.82, 2.24) is 10.2 Å². The molecule has 3 rings (SSSR count). The lowest BCUT2D eigenvalue weighted by molar-refractivity contribution is -0.128. The summed E-state index contributed by atoms with van der Waals surface area (Å²) in [6.07, 6.45) is 2.66. The summed E-state index contributed by atoms with van der Waals surface area (Å²) in [5.41, 5.74) is 0. The number of aryl methyl sites for hydroxylation is 1. The van der Waals surface area contributed by atoms with Gasteiger partial charge in [-0.3, -0.25) is 10.1 Å². The molecule has 0 aliphatic carbocycles. The summed E-state index contributed by atoms with van der Waals surface area (Å²) in [6, 6.07) is 4.28. The van der Waals surface area contributed by atoms with Crippen LogP contribution in [0.3, 0.4) is 0 Å². The molecule has 5 heteroatoms. The van der Waals surface area contributed by atoms with Gasteiger partial charge in [-0.2, -0.15) is 11.8 Å². The number of hydrogen-bond acceptors (Lipinski definition) is 4. The van der Waals surface area contributed by atoms with Crippen molar-refractivity contribution in [3.05, 3.63) is 21.9 Å². The highest BCUT2D eigenvalue weighted by atomic mass is 32.2. The van der Waals surface area contributed by atoms with Crippen LogP contribution in [0.15, 0.2) is 12.1 Å². The van der Waals surface area contributed by atoms with E-state index in [2.05, 4.69) is 24.4 Å². The van der Waals surface area contributed by atoms with Gasteiger partial charge in [0.1, 0.15) is 6.17 Å². The number of thiophene rings is 1. The van der Waals surface area contributed by atoms with E-state index < -0.39 is 0 Å². The van der Waals surface area contributed by atoms with Gasteiger partial charge in [-0.05, 0) is 37.7 Å². The van der Waals surface area contributed by atoms with Gasteiger partial charge >= 0.3 is 0 Å². The molecular formula is C13H18N2OS2. The minimum Gasteiger partial charge on any atom is -0.320 e. The molecule has 1 N–H and O–H groups in total. The van der Waals surface area contributed by atoms with Crippen molar-refractivity contribution in [2.45, 2.75) is 31.2 Å². The number of carbonyl (C=O) groups is 1. The molecule has 2 aliphatic rings. The fraction of sp³-hybridized carbons (Fsp3) is 0.615. The number of rotatable bonds is 3. The number of carbonyl (C=O) groups excluding carboxylic acids is 1. The molecule has 1 aromatic heterocycles. The van der Waals surface area contributed by atoms with Gasteiger partial charge in [-0.25, -0.2) is 0 Å². The Hall–Kier alpha value is -0.520. The average Bonchev–Trinajstić information content (AvgIpc) is 3.04. The van der Waals surface area contributed by atoms with E-state index in [1.165, 1.54) is 28.3 Å². The molecule has 0 spiro atoms. The Balaban J connectivity index is 1.74. The Morgan fingerprint density at radius 1 is 1.50 bits per heavy atom. The quantitative estimate of drug-likeness (QED) is 0.924. The summed E-state index contributed by atoms with van der Waals surface area (Å²) in [5.74, 6) is 1.50. The number of amides is 1. The fourth-order valence-electron chi connectivity index (χ4n) is 2.61. The molecule has 2 unspecified atom stereocenters. The van der Waals surface area contributed by atoms with Gasteiger partial charge in [0.15, 0.2) is 0 Å². The van der Waals surface area contributed by atoms with Crippen molar-refractivity contribution in [3.63, 3.8) is 0 Å².